The van der Waals surface area contributed by atoms with E-state index in [-0.39, 0.29) is 24.3 Å². The highest BCUT2D eigenvalue weighted by atomic mass is 32.1. The molecule has 1 N–H and O–H groups in total. The molecule has 0 aliphatic carbocycles. The highest BCUT2D eigenvalue weighted by molar-refractivity contribution is 7.09. The van der Waals surface area contributed by atoms with Gasteiger partial charge in [0.05, 0.1) is 17.5 Å². The molecule has 5 rings (SSSR count). The van der Waals surface area contributed by atoms with E-state index < -0.39 is 0 Å². The Kier molecular flexibility index (Phi) is 7.27. The SMILES string of the molecule is Cc1ccc(C(=O)NCCc2cccs2)c(C2CCN(C(=O)Cn3ccc(-c4ccco4)n3)CC2)n1. The van der Waals surface area contributed by atoms with E-state index in [1.165, 1.54) is 4.88 Å². The van der Waals surface area contributed by atoms with Crippen LogP contribution in [0.25, 0.3) is 11.5 Å². The number of piperidine rings is 1. The van der Waals surface area contributed by atoms with Gasteiger partial charge in [0.25, 0.3) is 5.91 Å². The summed E-state index contributed by atoms with van der Waals surface area (Å²) in [6, 6.07) is 13.4. The van der Waals surface area contributed by atoms with E-state index in [0.717, 1.165) is 30.7 Å². The minimum atomic E-state index is -0.0846. The number of rotatable bonds is 8. The lowest BCUT2D eigenvalue weighted by atomic mass is 9.89. The second kappa shape index (κ2) is 10.9. The number of aromatic nitrogens is 3. The molecule has 0 unspecified atom stereocenters. The van der Waals surface area contributed by atoms with E-state index in [1.54, 1.807) is 28.5 Å². The number of amides is 2. The van der Waals surface area contributed by atoms with Crippen molar-refractivity contribution in [3.8, 4) is 11.5 Å². The number of hydrogen-bond donors (Lipinski definition) is 1. The molecular formula is C27H29N5O3S. The fraction of sp³-hybridized carbons (Fsp3) is 0.333. The predicted octanol–water partition coefficient (Wildman–Crippen LogP) is 4.29. The maximum Gasteiger partial charge on any atom is 0.253 e. The molecule has 0 bridgehead atoms. The molecule has 2 amide bonds. The minimum absolute atomic E-state index is 0.0336. The Morgan fingerprint density at radius 3 is 2.75 bits per heavy atom. The average molecular weight is 504 g/mol. The fourth-order valence-electron chi connectivity index (χ4n) is 4.58. The van der Waals surface area contributed by atoms with Gasteiger partial charge < -0.3 is 14.6 Å². The lowest BCUT2D eigenvalue weighted by Crippen LogP contribution is -2.40. The van der Waals surface area contributed by atoms with Crippen LogP contribution >= 0.6 is 11.3 Å². The van der Waals surface area contributed by atoms with Crippen LogP contribution in [0.3, 0.4) is 0 Å². The molecule has 8 nitrogen and oxygen atoms in total. The summed E-state index contributed by atoms with van der Waals surface area (Å²) in [5.74, 6) is 0.770. The van der Waals surface area contributed by atoms with Gasteiger partial charge in [-0.15, -0.1) is 11.3 Å². The standard InChI is InChI=1S/C27H29N5O3S/c1-19-6-7-22(27(34)28-12-8-21-4-3-17-36-21)26(29-19)20-9-13-31(14-10-20)25(33)18-32-15-11-23(30-32)24-5-2-16-35-24/h2-7,11,15-17,20H,8-10,12-14,18H2,1H3,(H,28,34). The summed E-state index contributed by atoms with van der Waals surface area (Å²) in [5, 5.41) is 9.55. The lowest BCUT2D eigenvalue weighted by molar-refractivity contribution is -0.133. The maximum absolute atomic E-state index is 13.0. The summed E-state index contributed by atoms with van der Waals surface area (Å²) in [4.78, 5) is 33.8. The Labute approximate surface area is 214 Å². The van der Waals surface area contributed by atoms with Gasteiger partial charge in [-0.3, -0.25) is 19.3 Å². The van der Waals surface area contributed by atoms with Crippen molar-refractivity contribution in [3.63, 3.8) is 0 Å². The van der Waals surface area contributed by atoms with E-state index >= 15 is 0 Å². The summed E-state index contributed by atoms with van der Waals surface area (Å²) < 4.78 is 7.02. The molecule has 186 valence electrons. The largest absolute Gasteiger partial charge is 0.463 e. The molecule has 0 radical (unpaired) electrons. The van der Waals surface area contributed by atoms with Gasteiger partial charge in [-0.25, -0.2) is 0 Å². The molecule has 0 saturated carbocycles. The maximum atomic E-state index is 13.0. The van der Waals surface area contributed by atoms with Gasteiger partial charge in [-0.1, -0.05) is 6.07 Å². The zero-order valence-electron chi connectivity index (χ0n) is 20.2. The third kappa shape index (κ3) is 5.57. The van der Waals surface area contributed by atoms with E-state index in [9.17, 15) is 9.59 Å². The van der Waals surface area contributed by atoms with Crippen LogP contribution in [0, 0.1) is 6.92 Å². The number of likely N-dealkylation sites (tertiary alicyclic amines) is 1. The van der Waals surface area contributed by atoms with Crippen LogP contribution in [-0.4, -0.2) is 51.1 Å². The summed E-state index contributed by atoms with van der Waals surface area (Å²) >= 11 is 1.70. The second-order valence-electron chi connectivity index (χ2n) is 9.00. The molecule has 4 aromatic heterocycles. The molecule has 1 saturated heterocycles. The van der Waals surface area contributed by atoms with Gasteiger partial charge in [0.1, 0.15) is 12.2 Å². The van der Waals surface area contributed by atoms with E-state index in [1.807, 2.05) is 53.6 Å². The van der Waals surface area contributed by atoms with Crippen LogP contribution in [0.5, 0.6) is 0 Å². The van der Waals surface area contributed by atoms with Crippen molar-refractivity contribution >= 4 is 23.2 Å². The minimum Gasteiger partial charge on any atom is -0.463 e. The first-order chi connectivity index (χ1) is 17.6. The number of furan rings is 1. The van der Waals surface area contributed by atoms with Crippen LogP contribution in [0.4, 0.5) is 0 Å². The summed E-state index contributed by atoms with van der Waals surface area (Å²) in [6.45, 7) is 3.98. The highest BCUT2D eigenvalue weighted by Gasteiger charge is 2.28. The normalized spacial score (nSPS) is 14.2. The Morgan fingerprint density at radius 2 is 2.00 bits per heavy atom. The molecule has 4 aromatic rings. The second-order valence-corrected chi connectivity index (χ2v) is 10.0. The van der Waals surface area contributed by atoms with Gasteiger partial charge in [0.2, 0.25) is 5.91 Å². The van der Waals surface area contributed by atoms with Crippen LogP contribution in [0.1, 0.15) is 45.4 Å². The van der Waals surface area contributed by atoms with Crippen molar-refractivity contribution in [1.29, 1.82) is 0 Å². The van der Waals surface area contributed by atoms with E-state index in [2.05, 4.69) is 16.5 Å². The van der Waals surface area contributed by atoms with Crippen molar-refractivity contribution in [3.05, 3.63) is 82.1 Å². The first-order valence-electron chi connectivity index (χ1n) is 12.2. The van der Waals surface area contributed by atoms with Gasteiger partial charge in [-0.05, 0) is 68.0 Å². The monoisotopic (exact) mass is 503 g/mol. The van der Waals surface area contributed by atoms with Crippen LogP contribution < -0.4 is 5.32 Å². The molecule has 0 atom stereocenters. The number of carbonyl (C=O) groups excluding carboxylic acids is 2. The summed E-state index contributed by atoms with van der Waals surface area (Å²) in [5.41, 5.74) is 3.08. The number of carbonyl (C=O) groups is 2. The molecule has 9 heteroatoms. The zero-order chi connectivity index (χ0) is 24.9. The Balaban J connectivity index is 1.18. The third-order valence-electron chi connectivity index (χ3n) is 6.49. The molecular weight excluding hydrogens is 474 g/mol. The number of thiophene rings is 1. The van der Waals surface area contributed by atoms with Gasteiger partial charge in [0.15, 0.2) is 5.76 Å². The smallest absolute Gasteiger partial charge is 0.253 e. The van der Waals surface area contributed by atoms with Crippen molar-refractivity contribution in [2.45, 2.75) is 38.6 Å². The Hall–Kier alpha value is -3.72. The van der Waals surface area contributed by atoms with E-state index in [0.29, 0.717) is 36.7 Å². The van der Waals surface area contributed by atoms with Crippen LogP contribution in [-0.2, 0) is 17.8 Å². The lowest BCUT2D eigenvalue weighted by Gasteiger charge is -2.32. The first kappa shape index (κ1) is 24.0. The Bertz CT molecular complexity index is 1310. The molecule has 36 heavy (non-hydrogen) atoms. The fourth-order valence-corrected chi connectivity index (χ4v) is 5.28. The van der Waals surface area contributed by atoms with Crippen LogP contribution in [0.15, 0.2) is 64.7 Å². The number of hydrogen-bond acceptors (Lipinski definition) is 6. The quantitative estimate of drug-likeness (QED) is 0.387. The highest BCUT2D eigenvalue weighted by Crippen LogP contribution is 2.30. The Morgan fingerprint density at radius 1 is 1.14 bits per heavy atom. The summed E-state index contributed by atoms with van der Waals surface area (Å²) in [6.07, 6.45) is 5.76. The van der Waals surface area contributed by atoms with Crippen molar-refractivity contribution in [2.75, 3.05) is 19.6 Å². The molecule has 0 aromatic carbocycles. The molecule has 1 fully saturated rings. The number of pyridine rings is 1. The number of nitrogens with one attached hydrogen (secondary N) is 1. The topological polar surface area (TPSA) is 93.3 Å². The van der Waals surface area contributed by atoms with Crippen LogP contribution in [0.2, 0.25) is 0 Å². The molecule has 5 heterocycles. The van der Waals surface area contributed by atoms with E-state index in [4.69, 9.17) is 9.40 Å². The number of nitrogens with zero attached hydrogens (tertiary/aromatic N) is 4. The van der Waals surface area contributed by atoms with Crippen molar-refractivity contribution in [2.24, 2.45) is 0 Å². The summed E-state index contributed by atoms with van der Waals surface area (Å²) in [7, 11) is 0. The number of aryl methyl sites for hydroxylation is 1. The van der Waals surface area contributed by atoms with Gasteiger partial charge >= 0.3 is 0 Å². The van der Waals surface area contributed by atoms with Crippen molar-refractivity contribution < 1.29 is 14.0 Å². The molecule has 1 aliphatic heterocycles. The first-order valence-corrected chi connectivity index (χ1v) is 13.1. The van der Waals surface area contributed by atoms with Gasteiger partial charge in [0, 0.05) is 42.3 Å². The predicted molar refractivity (Wildman–Crippen MR) is 138 cm³/mol. The molecule has 0 spiro atoms. The average Bonchev–Trinajstić information content (AvgIpc) is 3.67. The zero-order valence-corrected chi connectivity index (χ0v) is 21.0. The third-order valence-corrected chi connectivity index (χ3v) is 7.43. The van der Waals surface area contributed by atoms with Gasteiger partial charge in [-0.2, -0.15) is 5.10 Å². The molecule has 1 aliphatic rings. The van der Waals surface area contributed by atoms with Crippen molar-refractivity contribution in [1.82, 2.24) is 25.0 Å².